The molecule has 0 fully saturated rings. The van der Waals surface area contributed by atoms with E-state index >= 15 is 0 Å². The van der Waals surface area contributed by atoms with Crippen molar-refractivity contribution in [2.24, 2.45) is 0 Å². The first-order valence-electron chi connectivity index (χ1n) is 5.80. The van der Waals surface area contributed by atoms with Gasteiger partial charge in [-0.25, -0.2) is 0 Å². The summed E-state index contributed by atoms with van der Waals surface area (Å²) in [6, 6.07) is 3.64. The van der Waals surface area contributed by atoms with Crippen LogP contribution in [0.2, 0.25) is 10.0 Å². The van der Waals surface area contributed by atoms with Gasteiger partial charge in [0.15, 0.2) is 0 Å². The molecular formula is C13H12Cl2N2O. The summed E-state index contributed by atoms with van der Waals surface area (Å²) in [7, 11) is 0. The fourth-order valence-corrected chi connectivity index (χ4v) is 3.05. The molecule has 1 N–H and O–H groups in total. The van der Waals surface area contributed by atoms with Crippen LogP contribution in [-0.2, 0) is 17.8 Å². The van der Waals surface area contributed by atoms with E-state index in [1.54, 1.807) is 13.0 Å². The first kappa shape index (κ1) is 11.9. The Hall–Kier alpha value is -1.19. The summed E-state index contributed by atoms with van der Waals surface area (Å²) < 4.78 is 0. The maximum atomic E-state index is 11.5. The van der Waals surface area contributed by atoms with Crippen molar-refractivity contribution in [3.8, 4) is 0 Å². The topological polar surface area (TPSA) is 36.1 Å². The van der Waals surface area contributed by atoms with Crippen molar-refractivity contribution in [2.75, 3.05) is 6.54 Å². The lowest BCUT2D eigenvalue weighted by molar-refractivity contribution is -0.129. The number of aromatic nitrogens is 1. The zero-order chi connectivity index (χ0) is 12.9. The molecule has 94 valence electrons. The van der Waals surface area contributed by atoms with Gasteiger partial charge in [0.05, 0.1) is 10.5 Å². The number of nitrogens with zero attached hydrogens (tertiary/aromatic N) is 1. The highest BCUT2D eigenvalue weighted by atomic mass is 35.5. The Labute approximate surface area is 115 Å². The molecule has 1 aromatic heterocycles. The van der Waals surface area contributed by atoms with E-state index in [-0.39, 0.29) is 5.91 Å². The maximum absolute atomic E-state index is 11.5. The highest BCUT2D eigenvalue weighted by Crippen LogP contribution is 2.34. The van der Waals surface area contributed by atoms with Crippen LogP contribution in [0.15, 0.2) is 12.1 Å². The second-order valence-electron chi connectivity index (χ2n) is 4.58. The van der Waals surface area contributed by atoms with Gasteiger partial charge in [-0.05, 0) is 12.1 Å². The van der Waals surface area contributed by atoms with Gasteiger partial charge in [-0.3, -0.25) is 4.79 Å². The van der Waals surface area contributed by atoms with E-state index in [1.807, 2.05) is 11.0 Å². The molecular weight excluding hydrogens is 271 g/mol. The lowest BCUT2D eigenvalue weighted by Gasteiger charge is -2.25. The molecule has 0 saturated heterocycles. The van der Waals surface area contributed by atoms with Gasteiger partial charge in [0, 0.05) is 48.1 Å². The molecule has 3 nitrogen and oxygen atoms in total. The van der Waals surface area contributed by atoms with Crippen LogP contribution in [0.3, 0.4) is 0 Å². The number of carbonyl (C=O) groups is 1. The van der Waals surface area contributed by atoms with Crippen LogP contribution in [0, 0.1) is 0 Å². The Balaban J connectivity index is 2.18. The molecule has 0 spiro atoms. The van der Waals surface area contributed by atoms with E-state index in [0.29, 0.717) is 16.6 Å². The van der Waals surface area contributed by atoms with E-state index in [0.717, 1.165) is 35.1 Å². The summed E-state index contributed by atoms with van der Waals surface area (Å²) in [5, 5.41) is 2.27. The molecule has 2 heterocycles. The van der Waals surface area contributed by atoms with Gasteiger partial charge in [-0.1, -0.05) is 23.2 Å². The zero-order valence-corrected chi connectivity index (χ0v) is 11.4. The summed E-state index contributed by atoms with van der Waals surface area (Å²) in [6.45, 7) is 2.97. The SMILES string of the molecule is CC(=O)N1CCc2[nH]c3c(Cl)cc(Cl)cc3c2C1. The third-order valence-corrected chi connectivity index (χ3v) is 3.96. The van der Waals surface area contributed by atoms with Gasteiger partial charge in [0.2, 0.25) is 5.91 Å². The minimum atomic E-state index is 0.100. The lowest BCUT2D eigenvalue weighted by Crippen LogP contribution is -2.33. The van der Waals surface area contributed by atoms with E-state index in [2.05, 4.69) is 4.98 Å². The minimum absolute atomic E-state index is 0.100. The molecule has 5 heteroatoms. The largest absolute Gasteiger partial charge is 0.357 e. The molecule has 0 radical (unpaired) electrons. The predicted molar refractivity (Wildman–Crippen MR) is 73.1 cm³/mol. The van der Waals surface area contributed by atoms with Crippen LogP contribution in [0.5, 0.6) is 0 Å². The molecule has 3 rings (SSSR count). The normalized spacial score (nSPS) is 14.9. The van der Waals surface area contributed by atoms with E-state index in [4.69, 9.17) is 23.2 Å². The average molecular weight is 283 g/mol. The van der Waals surface area contributed by atoms with Crippen LogP contribution in [-0.4, -0.2) is 22.3 Å². The number of amides is 1. The number of fused-ring (bicyclic) bond motifs is 3. The van der Waals surface area contributed by atoms with E-state index in [9.17, 15) is 4.79 Å². The summed E-state index contributed by atoms with van der Waals surface area (Å²) in [5.41, 5.74) is 3.21. The molecule has 0 unspecified atom stereocenters. The number of hydrogen-bond donors (Lipinski definition) is 1. The number of rotatable bonds is 0. The number of H-pyrrole nitrogens is 1. The van der Waals surface area contributed by atoms with Crippen molar-refractivity contribution < 1.29 is 4.79 Å². The Morgan fingerprint density at radius 1 is 1.39 bits per heavy atom. The maximum Gasteiger partial charge on any atom is 0.219 e. The van der Waals surface area contributed by atoms with Crippen LogP contribution < -0.4 is 0 Å². The molecule has 0 aliphatic carbocycles. The molecule has 0 saturated carbocycles. The Kier molecular flexibility index (Phi) is 2.76. The molecule has 2 aromatic rings. The highest BCUT2D eigenvalue weighted by molar-refractivity contribution is 6.38. The van der Waals surface area contributed by atoms with Gasteiger partial charge in [-0.15, -0.1) is 0 Å². The van der Waals surface area contributed by atoms with Crippen LogP contribution in [0.25, 0.3) is 10.9 Å². The fourth-order valence-electron chi connectivity index (χ4n) is 2.51. The molecule has 1 aliphatic rings. The van der Waals surface area contributed by atoms with Crippen LogP contribution >= 0.6 is 23.2 Å². The third-order valence-electron chi connectivity index (χ3n) is 3.45. The quantitative estimate of drug-likeness (QED) is 0.790. The van der Waals surface area contributed by atoms with E-state index < -0.39 is 0 Å². The standard InChI is InChI=1S/C13H12Cl2N2O/c1-7(18)17-3-2-12-10(6-17)9-4-8(14)5-11(15)13(9)16-12/h4-5,16H,2-3,6H2,1H3. The van der Waals surface area contributed by atoms with Crippen molar-refractivity contribution in [3.63, 3.8) is 0 Å². The zero-order valence-electron chi connectivity index (χ0n) is 9.89. The number of aromatic amines is 1. The molecule has 18 heavy (non-hydrogen) atoms. The smallest absolute Gasteiger partial charge is 0.219 e. The summed E-state index contributed by atoms with van der Waals surface area (Å²) in [5.74, 6) is 0.100. The Bertz CT molecular complexity index is 648. The first-order chi connectivity index (χ1) is 8.56. The van der Waals surface area contributed by atoms with E-state index in [1.165, 1.54) is 0 Å². The minimum Gasteiger partial charge on any atom is -0.357 e. The Morgan fingerprint density at radius 3 is 2.89 bits per heavy atom. The van der Waals surface area contributed by atoms with Crippen LogP contribution in [0.4, 0.5) is 0 Å². The average Bonchev–Trinajstić information content (AvgIpc) is 2.67. The number of halogens is 2. The van der Waals surface area contributed by atoms with Crippen LogP contribution in [0.1, 0.15) is 18.2 Å². The summed E-state index contributed by atoms with van der Waals surface area (Å²) in [6.07, 6.45) is 0.831. The van der Waals surface area contributed by atoms with Crippen molar-refractivity contribution in [1.29, 1.82) is 0 Å². The monoisotopic (exact) mass is 282 g/mol. The molecule has 1 aromatic carbocycles. The molecule has 1 aliphatic heterocycles. The number of benzene rings is 1. The molecule has 1 amide bonds. The molecule has 0 bridgehead atoms. The van der Waals surface area contributed by atoms with Crippen molar-refractivity contribution >= 4 is 40.0 Å². The fraction of sp³-hybridized carbons (Fsp3) is 0.308. The summed E-state index contributed by atoms with van der Waals surface area (Å²) >= 11 is 12.2. The van der Waals surface area contributed by atoms with Gasteiger partial charge in [0.1, 0.15) is 0 Å². The second-order valence-corrected chi connectivity index (χ2v) is 5.43. The molecule has 0 atom stereocenters. The summed E-state index contributed by atoms with van der Waals surface area (Å²) in [4.78, 5) is 16.6. The first-order valence-corrected chi connectivity index (χ1v) is 6.56. The lowest BCUT2D eigenvalue weighted by atomic mass is 10.0. The van der Waals surface area contributed by atoms with Crippen molar-refractivity contribution in [2.45, 2.75) is 19.9 Å². The second kappa shape index (κ2) is 4.18. The number of hydrogen-bond acceptors (Lipinski definition) is 1. The Morgan fingerprint density at radius 2 is 2.17 bits per heavy atom. The van der Waals surface area contributed by atoms with Crippen molar-refractivity contribution in [1.82, 2.24) is 9.88 Å². The highest BCUT2D eigenvalue weighted by Gasteiger charge is 2.23. The number of carbonyl (C=O) groups excluding carboxylic acids is 1. The third kappa shape index (κ3) is 1.78. The van der Waals surface area contributed by atoms with Gasteiger partial charge in [0.25, 0.3) is 0 Å². The van der Waals surface area contributed by atoms with Gasteiger partial charge in [-0.2, -0.15) is 0 Å². The van der Waals surface area contributed by atoms with Gasteiger partial charge >= 0.3 is 0 Å². The predicted octanol–water partition coefficient (Wildman–Crippen LogP) is 3.38. The number of nitrogens with one attached hydrogen (secondary N) is 1. The van der Waals surface area contributed by atoms with Crippen molar-refractivity contribution in [3.05, 3.63) is 33.4 Å². The van der Waals surface area contributed by atoms with Gasteiger partial charge < -0.3 is 9.88 Å².